The molecule has 2 heterocycles. The SMILES string of the molecule is COc1ccc2c3c1OC1C4(C)CCC5(CC4C(C)(O)C(C)(C)C)[C@@H]4N(C(=O)C6CC6)[C@]4(C2)C[C@]315. The summed E-state index contributed by atoms with van der Waals surface area (Å²) in [5.41, 5.74) is 1.37. The third-order valence-corrected chi connectivity index (χ3v) is 12.7. The number of piperidine rings is 1. The first-order valence-electron chi connectivity index (χ1n) is 13.8. The number of hydrogen-bond acceptors (Lipinski definition) is 4. The number of amides is 1. The molecule has 4 bridgehead atoms. The number of methoxy groups -OCH3 is 1. The molecule has 0 aromatic heterocycles. The van der Waals surface area contributed by atoms with E-state index in [0.717, 1.165) is 56.4 Å². The number of fused-ring (bicyclic) bond motifs is 2. The average Bonchev–Trinajstić information content (AvgIpc) is 3.68. The first kappa shape index (κ1) is 21.3. The van der Waals surface area contributed by atoms with Gasteiger partial charge in [0.15, 0.2) is 11.5 Å². The minimum atomic E-state index is -0.841. The number of nitrogens with zero attached hydrogens (tertiary/aromatic N) is 1. The van der Waals surface area contributed by atoms with Crippen molar-refractivity contribution < 1.29 is 19.4 Å². The van der Waals surface area contributed by atoms with Gasteiger partial charge in [0.05, 0.1) is 24.3 Å². The van der Waals surface area contributed by atoms with E-state index < -0.39 is 5.60 Å². The van der Waals surface area contributed by atoms with Gasteiger partial charge < -0.3 is 19.5 Å². The van der Waals surface area contributed by atoms with E-state index in [-0.39, 0.29) is 51.2 Å². The van der Waals surface area contributed by atoms with Crippen LogP contribution in [0, 0.1) is 28.1 Å². The molecular formula is C30H39NO4. The summed E-state index contributed by atoms with van der Waals surface area (Å²) in [6.07, 6.45) is 7.24. The van der Waals surface area contributed by atoms with Crippen LogP contribution in [0.3, 0.4) is 0 Å². The monoisotopic (exact) mass is 477 g/mol. The maximum atomic E-state index is 13.7. The van der Waals surface area contributed by atoms with Crippen molar-refractivity contribution in [3.05, 3.63) is 23.3 Å². The van der Waals surface area contributed by atoms with E-state index in [1.165, 1.54) is 11.1 Å². The maximum Gasteiger partial charge on any atom is 0.226 e. The molecule has 5 heteroatoms. The van der Waals surface area contributed by atoms with Crippen LogP contribution in [0.15, 0.2) is 12.1 Å². The Morgan fingerprint density at radius 3 is 2.60 bits per heavy atom. The minimum absolute atomic E-state index is 0.0178. The summed E-state index contributed by atoms with van der Waals surface area (Å²) in [6.45, 7) is 11.0. The lowest BCUT2D eigenvalue weighted by molar-refractivity contribution is -0.246. The molecule has 1 amide bonds. The number of aliphatic hydroxyl groups is 1. The van der Waals surface area contributed by atoms with Gasteiger partial charge in [0.25, 0.3) is 0 Å². The molecule has 0 radical (unpaired) electrons. The molecule has 35 heavy (non-hydrogen) atoms. The lowest BCUT2D eigenvalue weighted by atomic mass is 9.35. The Balaban J connectivity index is 1.38. The number of likely N-dealkylation sites (tertiary alicyclic amines) is 1. The number of carbonyl (C=O) groups excluding carboxylic acids is 1. The van der Waals surface area contributed by atoms with Crippen LogP contribution in [0.25, 0.3) is 0 Å². The number of benzene rings is 1. The third kappa shape index (κ3) is 1.94. The third-order valence-electron chi connectivity index (χ3n) is 12.7. The first-order chi connectivity index (χ1) is 16.4. The average molecular weight is 478 g/mol. The van der Waals surface area contributed by atoms with E-state index in [1.54, 1.807) is 7.11 Å². The predicted octanol–water partition coefficient (Wildman–Crippen LogP) is 4.62. The highest BCUT2D eigenvalue weighted by Gasteiger charge is 2.92. The summed E-state index contributed by atoms with van der Waals surface area (Å²) >= 11 is 0. The molecular weight excluding hydrogens is 438 g/mol. The maximum absolute atomic E-state index is 13.7. The standard InChI is InChI=1S/C30H39NO4/c1-25(2,3)27(5,33)19-14-28-12-11-26(19,4)24-30(28)15-29(23(28)31(29)22(32)16-7-8-16)13-17-9-10-18(34-6)21(35-24)20(17)30/h9-10,16,19,23-24,33H,7-8,11-15H2,1-6H3/t19?,23-,24?,26?,27?,28?,29+,30-,31?/m0/s1. The molecule has 5 nitrogen and oxygen atoms in total. The lowest BCUT2D eigenvalue weighted by Crippen LogP contribution is -2.73. The second-order valence-corrected chi connectivity index (χ2v) is 14.8. The molecule has 188 valence electrons. The van der Waals surface area contributed by atoms with Crippen molar-refractivity contribution in [1.29, 1.82) is 0 Å². The van der Waals surface area contributed by atoms with Crippen molar-refractivity contribution >= 4 is 5.91 Å². The molecule has 6 aliphatic carbocycles. The van der Waals surface area contributed by atoms with Crippen molar-refractivity contribution in [2.45, 2.75) is 108 Å². The van der Waals surface area contributed by atoms with Crippen molar-refractivity contribution in [3.8, 4) is 11.5 Å². The van der Waals surface area contributed by atoms with Gasteiger partial charge in [0.1, 0.15) is 6.10 Å². The molecule has 6 fully saturated rings. The van der Waals surface area contributed by atoms with E-state index in [9.17, 15) is 9.90 Å². The van der Waals surface area contributed by atoms with E-state index in [1.807, 2.05) is 0 Å². The van der Waals surface area contributed by atoms with Crippen LogP contribution < -0.4 is 9.47 Å². The van der Waals surface area contributed by atoms with Gasteiger partial charge in [-0.1, -0.05) is 33.8 Å². The number of carbonyl (C=O) groups is 1. The van der Waals surface area contributed by atoms with Crippen molar-refractivity contribution in [1.82, 2.24) is 4.90 Å². The molecule has 1 aromatic rings. The van der Waals surface area contributed by atoms with Crippen molar-refractivity contribution in [2.75, 3.05) is 7.11 Å². The highest BCUT2D eigenvalue weighted by atomic mass is 16.5. The zero-order valence-corrected chi connectivity index (χ0v) is 22.0. The molecule has 1 aromatic carbocycles. The zero-order valence-electron chi connectivity index (χ0n) is 22.0. The largest absolute Gasteiger partial charge is 0.493 e. The Morgan fingerprint density at radius 2 is 1.94 bits per heavy atom. The fraction of sp³-hybridized carbons (Fsp3) is 0.767. The van der Waals surface area contributed by atoms with Gasteiger partial charge >= 0.3 is 0 Å². The second-order valence-electron chi connectivity index (χ2n) is 14.8. The van der Waals surface area contributed by atoms with Gasteiger partial charge in [-0.3, -0.25) is 4.79 Å². The summed E-state index contributed by atoms with van der Waals surface area (Å²) in [5.74, 6) is 2.56. The van der Waals surface area contributed by atoms with Crippen LogP contribution in [0.4, 0.5) is 0 Å². The lowest BCUT2D eigenvalue weighted by Gasteiger charge is -2.69. The van der Waals surface area contributed by atoms with Gasteiger partial charge in [-0.05, 0) is 74.8 Å². The van der Waals surface area contributed by atoms with Crippen LogP contribution in [-0.2, 0) is 16.6 Å². The zero-order chi connectivity index (χ0) is 24.6. The molecule has 8 atom stereocenters. The van der Waals surface area contributed by atoms with E-state index in [0.29, 0.717) is 5.91 Å². The van der Waals surface area contributed by atoms with Gasteiger partial charge in [-0.2, -0.15) is 0 Å². The van der Waals surface area contributed by atoms with Crippen molar-refractivity contribution in [3.63, 3.8) is 0 Å². The smallest absolute Gasteiger partial charge is 0.226 e. The molecule has 5 unspecified atom stereocenters. The minimum Gasteiger partial charge on any atom is -0.493 e. The van der Waals surface area contributed by atoms with Crippen LogP contribution >= 0.6 is 0 Å². The quantitative estimate of drug-likeness (QED) is 0.646. The first-order valence-corrected chi connectivity index (χ1v) is 13.8. The van der Waals surface area contributed by atoms with Crippen molar-refractivity contribution in [2.24, 2.45) is 28.1 Å². The summed E-state index contributed by atoms with van der Waals surface area (Å²) in [6, 6.07) is 4.61. The summed E-state index contributed by atoms with van der Waals surface area (Å²) in [7, 11) is 1.74. The van der Waals surface area contributed by atoms with Gasteiger partial charge in [0.2, 0.25) is 5.91 Å². The van der Waals surface area contributed by atoms with E-state index >= 15 is 0 Å². The number of hydrogen-bond donors (Lipinski definition) is 1. The van der Waals surface area contributed by atoms with Crippen LogP contribution in [-0.4, -0.2) is 46.3 Å². The molecule has 9 rings (SSSR count). The normalized spacial score (nSPS) is 47.1. The van der Waals surface area contributed by atoms with Crippen LogP contribution in [0.1, 0.15) is 84.3 Å². The molecule has 2 aliphatic heterocycles. The Hall–Kier alpha value is -1.75. The van der Waals surface area contributed by atoms with Crippen LogP contribution in [0.2, 0.25) is 0 Å². The number of ether oxygens (including phenoxy) is 2. The predicted molar refractivity (Wildman–Crippen MR) is 131 cm³/mol. The van der Waals surface area contributed by atoms with E-state index in [4.69, 9.17) is 9.47 Å². The molecule has 1 saturated heterocycles. The number of rotatable bonds is 3. The van der Waals surface area contributed by atoms with Gasteiger partial charge in [-0.25, -0.2) is 0 Å². The summed E-state index contributed by atoms with van der Waals surface area (Å²) in [5, 5.41) is 12.2. The molecule has 5 saturated carbocycles. The van der Waals surface area contributed by atoms with Gasteiger partial charge in [0, 0.05) is 27.7 Å². The van der Waals surface area contributed by atoms with E-state index in [2.05, 4.69) is 51.7 Å². The Kier molecular flexibility index (Phi) is 3.39. The highest BCUT2D eigenvalue weighted by Crippen LogP contribution is 2.87. The Morgan fingerprint density at radius 1 is 1.20 bits per heavy atom. The second kappa shape index (κ2) is 5.56. The fourth-order valence-corrected chi connectivity index (χ4v) is 10.6. The fourth-order valence-electron chi connectivity index (χ4n) is 10.6. The highest BCUT2D eigenvalue weighted by molar-refractivity contribution is 5.87. The Bertz CT molecular complexity index is 1210. The molecule has 8 aliphatic rings. The molecule has 1 N–H and O–H groups in total. The van der Waals surface area contributed by atoms with Gasteiger partial charge in [-0.15, -0.1) is 0 Å². The Labute approximate surface area is 208 Å². The topological polar surface area (TPSA) is 58.8 Å². The summed E-state index contributed by atoms with van der Waals surface area (Å²) in [4.78, 5) is 16.0. The summed E-state index contributed by atoms with van der Waals surface area (Å²) < 4.78 is 12.9. The van der Waals surface area contributed by atoms with Crippen LogP contribution in [0.5, 0.6) is 11.5 Å². The molecule has 3 spiro atoms.